The number of aromatic nitrogens is 3. The third kappa shape index (κ3) is 3.86. The maximum absolute atomic E-state index is 12.3. The number of amides is 1. The van der Waals surface area contributed by atoms with E-state index in [2.05, 4.69) is 19.9 Å². The van der Waals surface area contributed by atoms with Crippen LogP contribution in [0.1, 0.15) is 21.9 Å². The van der Waals surface area contributed by atoms with Gasteiger partial charge < -0.3 is 9.88 Å². The summed E-state index contributed by atoms with van der Waals surface area (Å²) < 4.78 is 2.06. The lowest BCUT2D eigenvalue weighted by Crippen LogP contribution is -2.25. The molecule has 0 saturated heterocycles. The highest BCUT2D eigenvalue weighted by Gasteiger charge is 2.13. The van der Waals surface area contributed by atoms with E-state index in [1.807, 2.05) is 36.4 Å². The van der Waals surface area contributed by atoms with Crippen LogP contribution in [-0.4, -0.2) is 20.4 Å². The molecule has 4 rings (SSSR count). The van der Waals surface area contributed by atoms with Crippen molar-refractivity contribution >= 4 is 40.1 Å². The summed E-state index contributed by atoms with van der Waals surface area (Å²) in [5.41, 5.74) is 3.21. The number of imidazole rings is 1. The average molecular weight is 411 g/mol. The molecule has 140 valence electrons. The summed E-state index contributed by atoms with van der Waals surface area (Å²) in [6.45, 7) is 0.845. The second-order valence-corrected chi connectivity index (χ2v) is 7.06. The van der Waals surface area contributed by atoms with Crippen LogP contribution in [0.4, 0.5) is 0 Å². The predicted octanol–water partition coefficient (Wildman–Crippen LogP) is 4.72. The molecule has 0 unspecified atom stereocenters. The number of hydrogen-bond donors (Lipinski definition) is 1. The number of benzene rings is 2. The van der Waals surface area contributed by atoms with E-state index in [4.69, 9.17) is 23.2 Å². The molecule has 2 aromatic carbocycles. The van der Waals surface area contributed by atoms with E-state index >= 15 is 0 Å². The molecule has 0 aliphatic rings. The molecule has 0 bridgehead atoms. The van der Waals surface area contributed by atoms with Crippen LogP contribution >= 0.6 is 23.2 Å². The van der Waals surface area contributed by atoms with E-state index in [-0.39, 0.29) is 12.5 Å². The predicted molar refractivity (Wildman–Crippen MR) is 111 cm³/mol. The maximum atomic E-state index is 12.3. The number of pyridine rings is 1. The van der Waals surface area contributed by atoms with E-state index in [0.717, 1.165) is 22.4 Å². The molecule has 0 atom stereocenters. The Kier molecular flexibility index (Phi) is 5.28. The number of hydrogen-bond acceptors (Lipinski definition) is 3. The largest absolute Gasteiger partial charge is 0.343 e. The molecule has 7 heteroatoms. The molecule has 1 N–H and O–H groups in total. The minimum atomic E-state index is -0.242. The fourth-order valence-electron chi connectivity index (χ4n) is 3.00. The van der Waals surface area contributed by atoms with Crippen molar-refractivity contribution in [1.82, 2.24) is 19.9 Å². The van der Waals surface area contributed by atoms with Crippen LogP contribution in [0.2, 0.25) is 10.0 Å². The summed E-state index contributed by atoms with van der Waals surface area (Å²) in [7, 11) is 0. The zero-order valence-corrected chi connectivity index (χ0v) is 16.3. The highest BCUT2D eigenvalue weighted by atomic mass is 35.5. The first-order chi connectivity index (χ1) is 13.6. The highest BCUT2D eigenvalue weighted by Crippen LogP contribution is 2.24. The van der Waals surface area contributed by atoms with Gasteiger partial charge in [-0.2, -0.15) is 0 Å². The normalized spacial score (nSPS) is 10.9. The van der Waals surface area contributed by atoms with Crippen molar-refractivity contribution in [1.29, 1.82) is 0 Å². The Morgan fingerprint density at radius 1 is 1.00 bits per heavy atom. The van der Waals surface area contributed by atoms with Crippen LogP contribution in [0.25, 0.3) is 11.0 Å². The molecule has 2 heterocycles. The zero-order chi connectivity index (χ0) is 19.5. The fraction of sp³-hybridized carbons (Fsp3) is 0.0952. The van der Waals surface area contributed by atoms with Gasteiger partial charge in [0.1, 0.15) is 11.5 Å². The van der Waals surface area contributed by atoms with Crippen molar-refractivity contribution in [3.63, 3.8) is 0 Å². The minimum absolute atomic E-state index is 0.242. The molecule has 0 saturated carbocycles. The summed E-state index contributed by atoms with van der Waals surface area (Å²) in [5.74, 6) is 0.505. The van der Waals surface area contributed by atoms with Crippen LogP contribution in [-0.2, 0) is 13.1 Å². The summed E-state index contributed by atoms with van der Waals surface area (Å²) in [4.78, 5) is 21.1. The lowest BCUT2D eigenvalue weighted by Gasteiger charge is -2.11. The van der Waals surface area contributed by atoms with Crippen LogP contribution < -0.4 is 5.32 Å². The van der Waals surface area contributed by atoms with Crippen LogP contribution in [0.5, 0.6) is 0 Å². The van der Waals surface area contributed by atoms with E-state index in [1.54, 1.807) is 30.5 Å². The van der Waals surface area contributed by atoms with Gasteiger partial charge in [0.05, 0.1) is 27.6 Å². The van der Waals surface area contributed by atoms with Gasteiger partial charge in [-0.3, -0.25) is 9.78 Å². The molecule has 2 aromatic heterocycles. The number of rotatable bonds is 5. The summed E-state index contributed by atoms with van der Waals surface area (Å²) >= 11 is 12.2. The van der Waals surface area contributed by atoms with Gasteiger partial charge in [-0.05, 0) is 42.0 Å². The van der Waals surface area contributed by atoms with Crippen molar-refractivity contribution in [2.45, 2.75) is 13.1 Å². The second-order valence-electron chi connectivity index (χ2n) is 6.25. The first kappa shape index (κ1) is 18.5. The number of nitrogens with zero attached hydrogens (tertiary/aromatic N) is 3. The molecule has 1 amide bonds. The third-order valence-electron chi connectivity index (χ3n) is 4.36. The number of carbonyl (C=O) groups is 1. The molecular weight excluding hydrogens is 395 g/mol. The molecule has 0 radical (unpaired) electrons. The Bertz CT molecular complexity index is 1140. The van der Waals surface area contributed by atoms with Gasteiger partial charge in [0.2, 0.25) is 0 Å². The lowest BCUT2D eigenvalue weighted by atomic mass is 10.2. The van der Waals surface area contributed by atoms with Crippen LogP contribution in [0, 0.1) is 0 Å². The van der Waals surface area contributed by atoms with Gasteiger partial charge >= 0.3 is 0 Å². The Balaban J connectivity index is 1.63. The van der Waals surface area contributed by atoms with E-state index in [9.17, 15) is 4.79 Å². The molecule has 28 heavy (non-hydrogen) atoms. The molecule has 0 aliphatic carbocycles. The molecule has 0 fully saturated rings. The van der Waals surface area contributed by atoms with Crippen LogP contribution in [0.15, 0.2) is 66.9 Å². The summed E-state index contributed by atoms with van der Waals surface area (Å²) in [6, 6.07) is 18.6. The van der Waals surface area contributed by atoms with Crippen molar-refractivity contribution in [3.05, 3.63) is 94.0 Å². The standard InChI is InChI=1S/C21H16Cl2N4O/c22-15-9-8-14(11-16(15)23)13-27-19-7-2-1-5-17(19)26-20(27)12-25-21(28)18-6-3-4-10-24-18/h1-11H,12-13H2,(H,25,28). The third-order valence-corrected chi connectivity index (χ3v) is 5.10. The number of nitrogens with one attached hydrogen (secondary N) is 1. The number of fused-ring (bicyclic) bond motifs is 1. The number of carbonyl (C=O) groups excluding carboxylic acids is 1. The quantitative estimate of drug-likeness (QED) is 0.517. The maximum Gasteiger partial charge on any atom is 0.270 e. The SMILES string of the molecule is O=C(NCc1nc2ccccc2n1Cc1ccc(Cl)c(Cl)c1)c1ccccn1. The van der Waals surface area contributed by atoms with Crippen molar-refractivity contribution in [2.75, 3.05) is 0 Å². The van der Waals surface area contributed by atoms with E-state index in [0.29, 0.717) is 22.3 Å². The molecule has 4 aromatic rings. The van der Waals surface area contributed by atoms with E-state index < -0.39 is 0 Å². The second kappa shape index (κ2) is 8.00. The average Bonchev–Trinajstić information content (AvgIpc) is 3.07. The van der Waals surface area contributed by atoms with Gasteiger partial charge in [-0.1, -0.05) is 47.5 Å². The van der Waals surface area contributed by atoms with Crippen molar-refractivity contribution < 1.29 is 4.79 Å². The van der Waals surface area contributed by atoms with Gasteiger partial charge in [0.25, 0.3) is 5.91 Å². The Hall–Kier alpha value is -2.89. The fourth-order valence-corrected chi connectivity index (χ4v) is 3.32. The first-order valence-corrected chi connectivity index (χ1v) is 9.45. The summed E-state index contributed by atoms with van der Waals surface area (Å²) in [6.07, 6.45) is 1.59. The lowest BCUT2D eigenvalue weighted by molar-refractivity contribution is 0.0944. The van der Waals surface area contributed by atoms with Gasteiger partial charge in [0.15, 0.2) is 0 Å². The minimum Gasteiger partial charge on any atom is -0.343 e. The molecule has 0 aliphatic heterocycles. The topological polar surface area (TPSA) is 59.8 Å². The van der Waals surface area contributed by atoms with Gasteiger partial charge in [0, 0.05) is 12.7 Å². The number of para-hydroxylation sites is 2. The smallest absolute Gasteiger partial charge is 0.270 e. The first-order valence-electron chi connectivity index (χ1n) is 8.69. The van der Waals surface area contributed by atoms with Crippen molar-refractivity contribution in [2.24, 2.45) is 0 Å². The summed E-state index contributed by atoms with van der Waals surface area (Å²) in [5, 5.41) is 3.92. The molecule has 5 nitrogen and oxygen atoms in total. The van der Waals surface area contributed by atoms with Gasteiger partial charge in [-0.15, -0.1) is 0 Å². The monoisotopic (exact) mass is 410 g/mol. The Labute approximate surface area is 171 Å². The molecule has 0 spiro atoms. The van der Waals surface area contributed by atoms with E-state index in [1.165, 1.54) is 0 Å². The zero-order valence-electron chi connectivity index (χ0n) is 14.8. The van der Waals surface area contributed by atoms with Crippen LogP contribution in [0.3, 0.4) is 0 Å². The Morgan fingerprint density at radius 3 is 2.61 bits per heavy atom. The molecular formula is C21H16Cl2N4O. The highest BCUT2D eigenvalue weighted by molar-refractivity contribution is 6.42. The van der Waals surface area contributed by atoms with Gasteiger partial charge in [-0.25, -0.2) is 4.98 Å². The van der Waals surface area contributed by atoms with Crippen molar-refractivity contribution in [3.8, 4) is 0 Å². The number of halogens is 2. The Morgan fingerprint density at radius 2 is 1.82 bits per heavy atom.